The molecule has 3 heterocycles. The van der Waals surface area contributed by atoms with Crippen molar-refractivity contribution in [3.63, 3.8) is 0 Å². The molecule has 0 radical (unpaired) electrons. The molecule has 0 spiro atoms. The van der Waals surface area contributed by atoms with Gasteiger partial charge in [0.05, 0.1) is 5.60 Å². The van der Waals surface area contributed by atoms with Crippen molar-refractivity contribution >= 4 is 0 Å². The molecule has 3 aliphatic heterocycles. The predicted molar refractivity (Wildman–Crippen MR) is 83.0 cm³/mol. The molecular formula is C17H32N2O. The lowest BCUT2D eigenvalue weighted by Crippen LogP contribution is -2.61. The van der Waals surface area contributed by atoms with E-state index in [4.69, 9.17) is 4.74 Å². The largest absolute Gasteiger partial charge is 0.375 e. The summed E-state index contributed by atoms with van der Waals surface area (Å²) in [5.74, 6) is 0. The van der Waals surface area contributed by atoms with E-state index >= 15 is 0 Å². The van der Waals surface area contributed by atoms with Gasteiger partial charge in [-0.3, -0.25) is 4.90 Å². The van der Waals surface area contributed by atoms with Gasteiger partial charge in [-0.05, 0) is 58.9 Å². The van der Waals surface area contributed by atoms with Gasteiger partial charge in [0.25, 0.3) is 0 Å². The van der Waals surface area contributed by atoms with Gasteiger partial charge in [-0.2, -0.15) is 0 Å². The van der Waals surface area contributed by atoms with Crippen LogP contribution in [0.25, 0.3) is 0 Å². The minimum absolute atomic E-state index is 0.0791. The highest BCUT2D eigenvalue weighted by Crippen LogP contribution is 2.39. The number of hydrogen-bond donors (Lipinski definition) is 1. The fraction of sp³-hybridized carbons (Fsp3) is 1.00. The third-order valence-electron chi connectivity index (χ3n) is 5.62. The normalized spacial score (nSPS) is 41.5. The van der Waals surface area contributed by atoms with Crippen LogP contribution < -0.4 is 5.32 Å². The number of rotatable bonds is 3. The second kappa shape index (κ2) is 5.94. The lowest BCUT2D eigenvalue weighted by molar-refractivity contribution is -0.113. The molecule has 0 amide bonds. The quantitative estimate of drug-likeness (QED) is 0.860. The maximum absolute atomic E-state index is 5.93. The van der Waals surface area contributed by atoms with E-state index in [0.717, 1.165) is 37.3 Å². The third kappa shape index (κ3) is 3.05. The molecule has 20 heavy (non-hydrogen) atoms. The summed E-state index contributed by atoms with van der Waals surface area (Å²) in [6.45, 7) is 8.84. The van der Waals surface area contributed by atoms with E-state index < -0.39 is 0 Å². The Bertz CT molecular complexity index is 317. The summed E-state index contributed by atoms with van der Waals surface area (Å²) in [4.78, 5) is 2.92. The highest BCUT2D eigenvalue weighted by atomic mass is 16.5. The first-order chi connectivity index (χ1) is 9.59. The van der Waals surface area contributed by atoms with Crippen molar-refractivity contribution in [2.45, 2.75) is 95.5 Å². The zero-order valence-corrected chi connectivity index (χ0v) is 13.5. The van der Waals surface area contributed by atoms with Gasteiger partial charge in [-0.15, -0.1) is 0 Å². The summed E-state index contributed by atoms with van der Waals surface area (Å²) in [6.07, 6.45) is 9.45. The average molecular weight is 280 g/mol. The Labute approximate surface area is 124 Å². The number of fused-ring (bicyclic) bond motifs is 2. The van der Waals surface area contributed by atoms with Gasteiger partial charge in [-0.1, -0.05) is 13.3 Å². The first-order valence-corrected chi connectivity index (χ1v) is 8.74. The van der Waals surface area contributed by atoms with Crippen LogP contribution in [-0.4, -0.2) is 47.8 Å². The first kappa shape index (κ1) is 14.8. The van der Waals surface area contributed by atoms with Gasteiger partial charge in [0.15, 0.2) is 0 Å². The lowest BCUT2D eigenvalue weighted by Gasteiger charge is -2.54. The highest BCUT2D eigenvalue weighted by Gasteiger charge is 2.43. The van der Waals surface area contributed by atoms with Crippen LogP contribution >= 0.6 is 0 Å². The van der Waals surface area contributed by atoms with Crippen LogP contribution in [0.3, 0.4) is 0 Å². The minimum atomic E-state index is 0.0791. The summed E-state index contributed by atoms with van der Waals surface area (Å²) in [6, 6.07) is 3.17. The molecule has 3 fully saturated rings. The van der Waals surface area contributed by atoms with E-state index in [-0.39, 0.29) is 5.60 Å². The van der Waals surface area contributed by atoms with Crippen molar-refractivity contribution < 1.29 is 4.74 Å². The Kier molecular flexibility index (Phi) is 4.40. The molecule has 116 valence electrons. The van der Waals surface area contributed by atoms with Gasteiger partial charge in [0.1, 0.15) is 0 Å². The van der Waals surface area contributed by atoms with Crippen LogP contribution in [0.1, 0.15) is 65.7 Å². The molecule has 2 bridgehead atoms. The van der Waals surface area contributed by atoms with Crippen LogP contribution in [0.4, 0.5) is 0 Å². The lowest BCUT2D eigenvalue weighted by atomic mass is 9.78. The standard InChI is InChI=1S/C17H32N2O/c1-4-18-13-10-14-6-5-7-15(11-13)19(14)16-8-9-20-17(2,3)12-16/h13-16,18H,4-12H2,1-3H3. The van der Waals surface area contributed by atoms with E-state index in [2.05, 4.69) is 31.0 Å². The molecule has 0 aliphatic carbocycles. The SMILES string of the molecule is CCNC1CC2CCCC(C1)N2C1CCOC(C)(C)C1. The second-order valence-corrected chi connectivity index (χ2v) is 7.67. The predicted octanol–water partition coefficient (Wildman–Crippen LogP) is 2.94. The molecule has 3 rings (SSSR count). The maximum atomic E-state index is 5.93. The van der Waals surface area contributed by atoms with Crippen LogP contribution in [0, 0.1) is 0 Å². The number of hydrogen-bond acceptors (Lipinski definition) is 3. The van der Waals surface area contributed by atoms with Gasteiger partial charge < -0.3 is 10.1 Å². The fourth-order valence-electron chi connectivity index (χ4n) is 4.92. The monoisotopic (exact) mass is 280 g/mol. The van der Waals surface area contributed by atoms with Gasteiger partial charge >= 0.3 is 0 Å². The molecule has 0 aromatic rings. The summed E-state index contributed by atoms with van der Waals surface area (Å²) in [7, 11) is 0. The van der Waals surface area contributed by atoms with E-state index in [1.54, 1.807) is 0 Å². The molecular weight excluding hydrogens is 248 g/mol. The summed E-state index contributed by atoms with van der Waals surface area (Å²) in [5, 5.41) is 3.70. The summed E-state index contributed by atoms with van der Waals surface area (Å²) >= 11 is 0. The summed E-state index contributed by atoms with van der Waals surface area (Å²) in [5.41, 5.74) is 0.0791. The topological polar surface area (TPSA) is 24.5 Å². The Morgan fingerprint density at radius 1 is 1.10 bits per heavy atom. The molecule has 3 atom stereocenters. The van der Waals surface area contributed by atoms with Crippen molar-refractivity contribution in [2.75, 3.05) is 13.2 Å². The van der Waals surface area contributed by atoms with E-state index in [9.17, 15) is 0 Å². The Balaban J connectivity index is 1.70. The van der Waals surface area contributed by atoms with Crippen LogP contribution in [0.15, 0.2) is 0 Å². The fourth-order valence-corrected chi connectivity index (χ4v) is 4.92. The maximum Gasteiger partial charge on any atom is 0.0641 e. The van der Waals surface area contributed by atoms with E-state index in [0.29, 0.717) is 0 Å². The van der Waals surface area contributed by atoms with Crippen molar-refractivity contribution in [1.82, 2.24) is 10.2 Å². The molecule has 3 saturated heterocycles. The van der Waals surface area contributed by atoms with Gasteiger partial charge in [0, 0.05) is 30.8 Å². The molecule has 3 aliphatic rings. The highest BCUT2D eigenvalue weighted by molar-refractivity contribution is 4.99. The Hall–Kier alpha value is -0.120. The van der Waals surface area contributed by atoms with E-state index in [1.165, 1.54) is 44.9 Å². The number of ether oxygens (including phenoxy) is 1. The van der Waals surface area contributed by atoms with Crippen LogP contribution in [0.5, 0.6) is 0 Å². The molecule has 1 N–H and O–H groups in total. The zero-order valence-electron chi connectivity index (χ0n) is 13.5. The molecule has 0 aromatic carbocycles. The smallest absolute Gasteiger partial charge is 0.0641 e. The third-order valence-corrected chi connectivity index (χ3v) is 5.62. The average Bonchev–Trinajstić information content (AvgIpc) is 2.36. The Morgan fingerprint density at radius 2 is 1.80 bits per heavy atom. The second-order valence-electron chi connectivity index (χ2n) is 7.67. The van der Waals surface area contributed by atoms with Crippen molar-refractivity contribution in [2.24, 2.45) is 0 Å². The van der Waals surface area contributed by atoms with Crippen LogP contribution in [0.2, 0.25) is 0 Å². The molecule has 0 saturated carbocycles. The number of nitrogens with zero attached hydrogens (tertiary/aromatic N) is 1. The number of piperidine rings is 2. The van der Waals surface area contributed by atoms with Gasteiger partial charge in [-0.25, -0.2) is 0 Å². The molecule has 0 aromatic heterocycles. The molecule has 3 heteroatoms. The number of nitrogens with one attached hydrogen (secondary N) is 1. The van der Waals surface area contributed by atoms with Crippen molar-refractivity contribution in [3.05, 3.63) is 0 Å². The Morgan fingerprint density at radius 3 is 2.40 bits per heavy atom. The summed E-state index contributed by atoms with van der Waals surface area (Å²) < 4.78 is 5.93. The molecule has 3 nitrogen and oxygen atoms in total. The van der Waals surface area contributed by atoms with Crippen LogP contribution in [-0.2, 0) is 4.74 Å². The van der Waals surface area contributed by atoms with E-state index in [1.807, 2.05) is 0 Å². The minimum Gasteiger partial charge on any atom is -0.375 e. The molecule has 3 unspecified atom stereocenters. The zero-order chi connectivity index (χ0) is 14.2. The first-order valence-electron chi connectivity index (χ1n) is 8.74. The van der Waals surface area contributed by atoms with Gasteiger partial charge in [0.2, 0.25) is 0 Å². The van der Waals surface area contributed by atoms with Crippen molar-refractivity contribution in [3.8, 4) is 0 Å². The van der Waals surface area contributed by atoms with Crippen molar-refractivity contribution in [1.29, 1.82) is 0 Å².